The monoisotopic (exact) mass is 1840 g/mol. The van der Waals surface area contributed by atoms with Gasteiger partial charge in [0.15, 0.2) is 17.1 Å². The SMILES string of the molecule is C=CC(=O)N1CC(C)N(C2=NC(=C)N(c3ccccc3P(C)(C)=O)c3nc(-c4ccccc4F)c(Cl)cc32)CC1C.C=CC(=O)N1CC(C)N(c2nc(=O)n(-c3c(C)ccnc3C(C)C)c3nc(-c4c(F)cccc4NC(=O)CC)c(Cl)cc23)CC1C.C=CC(=O)N1CC(C)N(c2nc(=O)n(-c3c(C)ccnc3C(C)C)c3nc(-c4ccccc4C(=O)O)c(Cl)cc23)CC1C. The standard InChI is InChI=1S/C34H37ClFN7O3.C32H33ClN6O4.C31H32ClFN5O2P/c1-8-26(44)38-25-12-10-11-24(36)28(25)30-23(35)15-22-32(42-17-20(6)41(16-21(42)7)27(45)9-2)40-34(46)43(33(22)39-30)31-19(5)13-14-37-29(31)18(3)4;1-7-25(40)37-15-20(6)38(16-19(37)5)29-23-14-24(33)27(21-10-8-9-11-22(21)31(41)42)35-30(23)39(32(43)36-29)28-18(4)12-13-34-26(28)17(2)3;1-7-28(39)36-17-20(3)37(18-19(36)2)30-23-16-24(32)29(22-12-8-9-13-25(22)33)35-31(23)38(21(4)34-30)26-14-10-11-15-27(26)41(5,6)40/h9-15,18,20-21H,2,8,16-17H2,1,3-7H3,(H,38,44);7-14,17,19-20H,1,15-16H2,2-6H3,(H,41,42);7-16,19-20H,1,4,17-18H2,2-3,5-6H3. The number of carbonyl (C=O) groups is 5. The first-order valence-corrected chi connectivity index (χ1v) is 46.3. The van der Waals surface area contributed by atoms with Crippen LogP contribution >= 0.6 is 41.9 Å². The summed E-state index contributed by atoms with van der Waals surface area (Å²) in [6.07, 6.45) is 7.50. The predicted molar refractivity (Wildman–Crippen MR) is 512 cm³/mol. The minimum absolute atomic E-state index is 0.000838. The molecule has 11 heterocycles. The molecule has 27 nitrogen and oxygen atoms in total. The first-order chi connectivity index (χ1) is 61.7. The Morgan fingerprint density at radius 3 is 1.46 bits per heavy atom. The quantitative estimate of drug-likeness (QED) is 0.0632. The van der Waals surface area contributed by atoms with Gasteiger partial charge in [0.2, 0.25) is 23.6 Å². The van der Waals surface area contributed by atoms with Crippen molar-refractivity contribution in [2.24, 2.45) is 4.99 Å². The third-order valence-corrected chi connectivity index (χ3v) is 26.0. The highest BCUT2D eigenvalue weighted by Gasteiger charge is 2.41. The molecular formula is C97H102Cl3F2N18O9P. The van der Waals surface area contributed by atoms with Gasteiger partial charge >= 0.3 is 17.3 Å². The molecule has 4 aliphatic heterocycles. The van der Waals surface area contributed by atoms with Crippen molar-refractivity contribution in [1.82, 2.24) is 63.6 Å². The van der Waals surface area contributed by atoms with Crippen molar-refractivity contribution in [3.8, 4) is 45.1 Å². The van der Waals surface area contributed by atoms with Crippen LogP contribution in [0.2, 0.25) is 15.1 Å². The molecule has 4 aromatic carbocycles. The lowest BCUT2D eigenvalue weighted by Crippen LogP contribution is -2.59. The molecule has 33 heteroatoms. The molecule has 0 radical (unpaired) electrons. The number of fused-ring (bicyclic) bond motifs is 3. The maximum atomic E-state index is 15.6. The number of carboxylic acids is 1. The van der Waals surface area contributed by atoms with Gasteiger partial charge in [-0.25, -0.2) is 52.2 Å². The molecule has 2 N–H and O–H groups in total. The van der Waals surface area contributed by atoms with Crippen LogP contribution in [0.5, 0.6) is 0 Å². The van der Waals surface area contributed by atoms with Gasteiger partial charge in [0.25, 0.3) is 0 Å². The number of amidine groups is 1. The smallest absolute Gasteiger partial charge is 0.355 e. The van der Waals surface area contributed by atoms with Crippen LogP contribution in [0.1, 0.15) is 133 Å². The summed E-state index contributed by atoms with van der Waals surface area (Å²) >= 11 is 20.6. The lowest BCUT2D eigenvalue weighted by atomic mass is 10.0. The second-order valence-electron chi connectivity index (χ2n) is 33.8. The molecule has 0 aliphatic carbocycles. The number of amides is 4. The van der Waals surface area contributed by atoms with Crippen molar-refractivity contribution in [1.29, 1.82) is 0 Å². The van der Waals surface area contributed by atoms with E-state index >= 15 is 4.39 Å². The summed E-state index contributed by atoms with van der Waals surface area (Å²) in [5.41, 5.74) is 6.00. The fourth-order valence-electron chi connectivity index (χ4n) is 17.1. The number of piperazine rings is 3. The molecule has 6 atom stereocenters. The second-order valence-corrected chi connectivity index (χ2v) is 38.2. The van der Waals surface area contributed by atoms with Crippen molar-refractivity contribution >= 4 is 134 Å². The van der Waals surface area contributed by atoms with Gasteiger partial charge in [0, 0.05) is 111 Å². The molecule has 3 fully saturated rings. The molecule has 3 saturated heterocycles. The van der Waals surface area contributed by atoms with Crippen LogP contribution < -0.4 is 36.7 Å². The number of aryl methyl sites for hydroxylation is 2. The fraction of sp³-hybridized carbons (Fsp3) is 0.309. The first kappa shape index (κ1) is 94.7. The van der Waals surface area contributed by atoms with E-state index in [-0.39, 0.29) is 144 Å². The summed E-state index contributed by atoms with van der Waals surface area (Å²) < 4.78 is 46.8. The number of carbonyl (C=O) groups excluding carboxylic acids is 4. The molecule has 4 aliphatic rings. The number of nitrogens with zero attached hydrogens (tertiary/aromatic N) is 17. The van der Waals surface area contributed by atoms with Crippen LogP contribution in [-0.2, 0) is 23.7 Å². The highest BCUT2D eigenvalue weighted by atomic mass is 35.5. The Hall–Kier alpha value is -13.0. The average Bonchev–Trinajstić information content (AvgIpc) is 0.738. The number of para-hydroxylation sites is 1. The van der Waals surface area contributed by atoms with Crippen LogP contribution in [0.4, 0.5) is 37.6 Å². The van der Waals surface area contributed by atoms with Crippen LogP contribution in [-0.4, -0.2) is 193 Å². The summed E-state index contributed by atoms with van der Waals surface area (Å²) in [5, 5.41) is 14.8. The van der Waals surface area contributed by atoms with E-state index in [0.29, 0.717) is 124 Å². The van der Waals surface area contributed by atoms with E-state index in [1.54, 1.807) is 119 Å². The average molecular weight is 1840 g/mol. The van der Waals surface area contributed by atoms with Gasteiger partial charge in [-0.05, 0) is 183 Å². The number of halogens is 5. The van der Waals surface area contributed by atoms with Crippen molar-refractivity contribution in [2.45, 2.75) is 145 Å². The molecule has 0 spiro atoms. The summed E-state index contributed by atoms with van der Waals surface area (Å²) in [4.78, 5) is 141. The fourth-order valence-corrected chi connectivity index (χ4v) is 19.0. The van der Waals surface area contributed by atoms with Gasteiger partial charge in [0.05, 0.1) is 93.7 Å². The molecule has 4 amide bonds. The third kappa shape index (κ3) is 18.5. The van der Waals surface area contributed by atoms with E-state index in [0.717, 1.165) is 11.1 Å². The predicted octanol–water partition coefficient (Wildman–Crippen LogP) is 17.5. The van der Waals surface area contributed by atoms with Gasteiger partial charge in [-0.1, -0.05) is 144 Å². The molecule has 7 aromatic heterocycles. The van der Waals surface area contributed by atoms with Crippen LogP contribution in [0.3, 0.4) is 0 Å². The molecule has 0 saturated carbocycles. The van der Waals surface area contributed by atoms with Crippen molar-refractivity contribution < 1.29 is 42.4 Å². The number of hydrogen-bond donors (Lipinski definition) is 2. The Labute approximate surface area is 767 Å². The van der Waals surface area contributed by atoms with Gasteiger partial charge < -0.3 is 44.4 Å². The number of anilines is 5. The van der Waals surface area contributed by atoms with Gasteiger partial charge in [-0.2, -0.15) is 9.97 Å². The molecule has 0 bridgehead atoms. The summed E-state index contributed by atoms with van der Waals surface area (Å²) in [7, 11) is -2.73. The van der Waals surface area contributed by atoms with Crippen LogP contribution in [0.25, 0.3) is 67.2 Å². The first-order valence-electron chi connectivity index (χ1n) is 42.6. The Bertz CT molecular complexity index is 6660. The number of aliphatic imine (C=N–C) groups is 1. The number of carboxylic acid groups (broad SMARTS) is 1. The largest absolute Gasteiger partial charge is 0.478 e. The molecule has 674 valence electrons. The zero-order valence-electron chi connectivity index (χ0n) is 75.0. The summed E-state index contributed by atoms with van der Waals surface area (Å²) in [5.74, 6) is -0.889. The Morgan fingerprint density at radius 2 is 0.977 bits per heavy atom. The minimum Gasteiger partial charge on any atom is -0.478 e. The number of aromatic nitrogens is 9. The Kier molecular flexibility index (Phi) is 28.2. The second kappa shape index (κ2) is 38.8. The number of aromatic carboxylic acids is 1. The van der Waals surface area contributed by atoms with E-state index in [2.05, 4.69) is 56.5 Å². The zero-order valence-corrected chi connectivity index (χ0v) is 78.1. The summed E-state index contributed by atoms with van der Waals surface area (Å²) in [6.45, 7) is 46.3. The maximum absolute atomic E-state index is 15.6. The van der Waals surface area contributed by atoms with Crippen molar-refractivity contribution in [2.75, 3.05) is 72.6 Å². The normalized spacial score (nSPS) is 17.5. The van der Waals surface area contributed by atoms with Gasteiger partial charge in [-0.3, -0.25) is 34.0 Å². The molecule has 15 rings (SSSR count). The van der Waals surface area contributed by atoms with Gasteiger partial charge in [-0.15, -0.1) is 0 Å². The topological polar surface area (TPSA) is 304 Å². The highest BCUT2D eigenvalue weighted by molar-refractivity contribution is 7.70. The van der Waals surface area contributed by atoms with E-state index in [1.807, 2.05) is 123 Å². The minimum atomic E-state index is -2.73. The number of nitrogens with one attached hydrogen (secondary N) is 1. The number of benzene rings is 4. The zero-order chi connectivity index (χ0) is 94.2. The molecule has 11 aromatic rings. The lowest BCUT2D eigenvalue weighted by Gasteiger charge is -2.46. The van der Waals surface area contributed by atoms with Crippen LogP contribution in [0.15, 0.2) is 199 Å². The number of pyridine rings is 5. The van der Waals surface area contributed by atoms with E-state index < -0.39 is 36.1 Å². The highest BCUT2D eigenvalue weighted by Crippen LogP contribution is 2.47. The van der Waals surface area contributed by atoms with Crippen LogP contribution in [0, 0.1) is 25.5 Å². The maximum Gasteiger partial charge on any atom is 0.355 e. The van der Waals surface area contributed by atoms with Gasteiger partial charge in [0.1, 0.15) is 42.1 Å². The van der Waals surface area contributed by atoms with E-state index in [1.165, 1.54) is 51.6 Å². The van der Waals surface area contributed by atoms with Crippen molar-refractivity contribution in [3.05, 3.63) is 265 Å². The number of rotatable bonds is 17. The Balaban J connectivity index is 0.000000166. The molecule has 6 unspecified atom stereocenters. The Morgan fingerprint density at radius 1 is 0.538 bits per heavy atom. The van der Waals surface area contributed by atoms with E-state index in [4.69, 9.17) is 54.7 Å². The molecule has 130 heavy (non-hydrogen) atoms. The molecular weight excluding hydrogens is 1740 g/mol. The summed E-state index contributed by atoms with van der Waals surface area (Å²) in [6, 6.07) is 32.2. The number of hydrogen-bond acceptors (Lipinski definition) is 20. The van der Waals surface area contributed by atoms with E-state index in [9.17, 15) is 47.6 Å². The van der Waals surface area contributed by atoms with Crippen molar-refractivity contribution in [3.63, 3.8) is 0 Å². The third-order valence-electron chi connectivity index (χ3n) is 23.6. The lowest BCUT2D eigenvalue weighted by molar-refractivity contribution is -0.131.